The average Bonchev–Trinajstić information content (AvgIpc) is 2.51. The molecule has 0 amide bonds. The zero-order valence-electron chi connectivity index (χ0n) is 14.6. The predicted molar refractivity (Wildman–Crippen MR) is 93.5 cm³/mol. The molecule has 1 fully saturated rings. The maximum absolute atomic E-state index is 12.6. The maximum Gasteiger partial charge on any atom is 0.255 e. The first kappa shape index (κ1) is 17.0. The highest BCUT2D eigenvalue weighted by Crippen LogP contribution is 2.45. The summed E-state index contributed by atoms with van der Waals surface area (Å²) in [6.45, 7) is 7.55. The molecule has 1 aliphatic heterocycles. The van der Waals surface area contributed by atoms with E-state index in [4.69, 9.17) is 4.74 Å². The fraction of sp³-hybridized carbons (Fsp3) is 0.526. The molecule has 0 bridgehead atoms. The van der Waals surface area contributed by atoms with Crippen LogP contribution in [0.3, 0.4) is 0 Å². The van der Waals surface area contributed by atoms with Gasteiger partial charge in [-0.25, -0.2) is 0 Å². The van der Waals surface area contributed by atoms with Gasteiger partial charge in [0.1, 0.15) is 5.75 Å². The number of fused-ring (bicyclic) bond motifs is 1. The summed E-state index contributed by atoms with van der Waals surface area (Å²) in [4.78, 5) is 15.4. The zero-order chi connectivity index (χ0) is 17.7. The normalized spacial score (nSPS) is 28.0. The van der Waals surface area contributed by atoms with Crippen LogP contribution >= 0.6 is 0 Å². The lowest BCUT2D eigenvalue weighted by Crippen LogP contribution is -2.54. The maximum atomic E-state index is 12.6. The molecule has 0 saturated carbocycles. The van der Waals surface area contributed by atoms with Crippen LogP contribution in [0.4, 0.5) is 0 Å². The number of aromatic nitrogens is 1. The minimum atomic E-state index is -0.694. The third-order valence-electron chi connectivity index (χ3n) is 5.49. The van der Waals surface area contributed by atoms with E-state index in [2.05, 4.69) is 4.98 Å². The number of pyridine rings is 1. The van der Waals surface area contributed by atoms with Crippen molar-refractivity contribution in [2.24, 2.45) is 0 Å². The minimum Gasteiger partial charge on any atom is -0.507 e. The first-order valence-electron chi connectivity index (χ1n) is 8.38. The number of H-pyrrole nitrogens is 1. The molecule has 3 rings (SSSR count). The molecule has 0 unspecified atom stereocenters. The molecule has 5 heteroatoms. The second-order valence-electron chi connectivity index (χ2n) is 7.56. The van der Waals surface area contributed by atoms with E-state index in [0.29, 0.717) is 29.3 Å². The molecule has 3 N–H and O–H groups in total. The van der Waals surface area contributed by atoms with Gasteiger partial charge >= 0.3 is 0 Å². The third-order valence-corrected chi connectivity index (χ3v) is 5.49. The Morgan fingerprint density at radius 3 is 2.62 bits per heavy atom. The SMILES string of the molecule is C[C@H](c1c(O)c2ccccc2[nH]c1=O)[C@]1(C)CC[C@H](O)C(C)(C)O1. The molecule has 2 heterocycles. The van der Waals surface area contributed by atoms with Gasteiger partial charge in [0.15, 0.2) is 0 Å². The summed E-state index contributed by atoms with van der Waals surface area (Å²) in [6, 6.07) is 7.20. The molecule has 1 aromatic carbocycles. The number of para-hydroxylation sites is 1. The molecule has 0 aliphatic carbocycles. The Morgan fingerprint density at radius 1 is 1.29 bits per heavy atom. The van der Waals surface area contributed by atoms with E-state index < -0.39 is 17.3 Å². The van der Waals surface area contributed by atoms with E-state index in [1.165, 1.54) is 0 Å². The van der Waals surface area contributed by atoms with Gasteiger partial charge in [-0.05, 0) is 45.7 Å². The van der Waals surface area contributed by atoms with Crippen molar-refractivity contribution in [3.63, 3.8) is 0 Å². The summed E-state index contributed by atoms with van der Waals surface area (Å²) in [5.41, 5.74) is -0.687. The highest BCUT2D eigenvalue weighted by molar-refractivity contribution is 5.85. The number of ether oxygens (including phenoxy) is 1. The van der Waals surface area contributed by atoms with E-state index in [0.717, 1.165) is 0 Å². The van der Waals surface area contributed by atoms with Gasteiger partial charge in [0.2, 0.25) is 0 Å². The summed E-state index contributed by atoms with van der Waals surface area (Å²) < 4.78 is 6.20. The number of aromatic amines is 1. The smallest absolute Gasteiger partial charge is 0.255 e. The van der Waals surface area contributed by atoms with Crippen LogP contribution in [-0.4, -0.2) is 32.5 Å². The summed E-state index contributed by atoms with van der Waals surface area (Å²) >= 11 is 0. The first-order valence-corrected chi connectivity index (χ1v) is 8.38. The van der Waals surface area contributed by atoms with Crippen LogP contribution in [-0.2, 0) is 4.74 Å². The van der Waals surface area contributed by atoms with Crippen molar-refractivity contribution < 1.29 is 14.9 Å². The summed E-state index contributed by atoms with van der Waals surface area (Å²) in [6.07, 6.45) is 0.672. The van der Waals surface area contributed by atoms with Crippen molar-refractivity contribution in [3.05, 3.63) is 40.2 Å². The van der Waals surface area contributed by atoms with Gasteiger partial charge in [-0.3, -0.25) is 4.79 Å². The second kappa shape index (κ2) is 5.60. The van der Waals surface area contributed by atoms with Crippen LogP contribution in [0.1, 0.15) is 52.0 Å². The molecule has 24 heavy (non-hydrogen) atoms. The van der Waals surface area contributed by atoms with E-state index >= 15 is 0 Å². The Hall–Kier alpha value is -1.85. The standard InChI is InChI=1S/C19H25NO4/c1-11(19(4)10-9-14(21)18(2,3)24-19)15-16(22)12-7-5-6-8-13(12)20-17(15)23/h5-8,11,14,21H,9-10H2,1-4H3,(H2,20,22,23)/t11-,14+,19+/m1/s1. The van der Waals surface area contributed by atoms with Gasteiger partial charge in [-0.15, -0.1) is 0 Å². The topological polar surface area (TPSA) is 82.5 Å². The molecule has 1 aliphatic rings. The molecule has 0 radical (unpaired) electrons. The van der Waals surface area contributed by atoms with Crippen LogP contribution in [0.15, 0.2) is 29.1 Å². The lowest BCUT2D eigenvalue weighted by molar-refractivity contribution is -0.221. The lowest BCUT2D eigenvalue weighted by atomic mass is 9.76. The van der Waals surface area contributed by atoms with Crippen LogP contribution < -0.4 is 5.56 Å². The van der Waals surface area contributed by atoms with Crippen molar-refractivity contribution in [3.8, 4) is 5.75 Å². The number of nitrogens with one attached hydrogen (secondary N) is 1. The largest absolute Gasteiger partial charge is 0.507 e. The molecule has 0 spiro atoms. The number of rotatable bonds is 2. The van der Waals surface area contributed by atoms with Crippen LogP contribution in [0.2, 0.25) is 0 Å². The Bertz CT molecular complexity index is 826. The van der Waals surface area contributed by atoms with Gasteiger partial charge < -0.3 is 19.9 Å². The quantitative estimate of drug-likeness (QED) is 0.790. The number of hydrogen-bond acceptors (Lipinski definition) is 4. The Morgan fingerprint density at radius 2 is 1.96 bits per heavy atom. The molecular weight excluding hydrogens is 306 g/mol. The number of aliphatic hydroxyl groups is 1. The van der Waals surface area contributed by atoms with Crippen LogP contribution in [0.5, 0.6) is 5.75 Å². The van der Waals surface area contributed by atoms with Crippen LogP contribution in [0.25, 0.3) is 10.9 Å². The summed E-state index contributed by atoms with van der Waals surface area (Å²) in [5.74, 6) is -0.312. The van der Waals surface area contributed by atoms with Gasteiger partial charge in [-0.1, -0.05) is 19.1 Å². The van der Waals surface area contributed by atoms with Crippen molar-refractivity contribution in [1.82, 2.24) is 4.98 Å². The van der Waals surface area contributed by atoms with E-state index in [9.17, 15) is 15.0 Å². The molecular formula is C19H25NO4. The average molecular weight is 331 g/mol. The van der Waals surface area contributed by atoms with E-state index in [1.807, 2.05) is 39.8 Å². The van der Waals surface area contributed by atoms with Crippen molar-refractivity contribution in [2.75, 3.05) is 0 Å². The van der Waals surface area contributed by atoms with Gasteiger partial charge in [0, 0.05) is 11.3 Å². The fourth-order valence-electron chi connectivity index (χ4n) is 3.74. The van der Waals surface area contributed by atoms with E-state index in [-0.39, 0.29) is 17.2 Å². The van der Waals surface area contributed by atoms with Gasteiger partial charge in [0.05, 0.1) is 28.4 Å². The number of benzene rings is 1. The summed E-state index contributed by atoms with van der Waals surface area (Å²) in [5, 5.41) is 21.5. The molecule has 130 valence electrons. The van der Waals surface area contributed by atoms with Crippen LogP contribution in [0, 0.1) is 0 Å². The minimum absolute atomic E-state index is 0.00982. The predicted octanol–water partition coefficient (Wildman–Crippen LogP) is 3.05. The molecule has 1 saturated heterocycles. The lowest BCUT2D eigenvalue weighted by Gasteiger charge is -2.49. The fourth-order valence-corrected chi connectivity index (χ4v) is 3.74. The highest BCUT2D eigenvalue weighted by atomic mass is 16.5. The Balaban J connectivity index is 2.09. The number of aliphatic hydroxyl groups excluding tert-OH is 1. The second-order valence-corrected chi connectivity index (χ2v) is 7.56. The molecule has 3 atom stereocenters. The Labute approximate surface area is 141 Å². The van der Waals surface area contributed by atoms with Crippen molar-refractivity contribution in [2.45, 2.75) is 63.8 Å². The molecule has 1 aromatic heterocycles. The highest BCUT2D eigenvalue weighted by Gasteiger charge is 2.47. The zero-order valence-corrected chi connectivity index (χ0v) is 14.6. The molecule has 5 nitrogen and oxygen atoms in total. The van der Waals surface area contributed by atoms with Gasteiger partial charge in [0.25, 0.3) is 5.56 Å². The monoisotopic (exact) mass is 331 g/mol. The summed E-state index contributed by atoms with van der Waals surface area (Å²) in [7, 11) is 0. The number of hydrogen-bond donors (Lipinski definition) is 3. The van der Waals surface area contributed by atoms with Crippen molar-refractivity contribution in [1.29, 1.82) is 0 Å². The third kappa shape index (κ3) is 2.62. The first-order chi connectivity index (χ1) is 11.2. The number of aromatic hydroxyl groups is 1. The van der Waals surface area contributed by atoms with E-state index in [1.54, 1.807) is 12.1 Å². The molecule has 2 aromatic rings. The Kier molecular flexibility index (Phi) is 3.97. The van der Waals surface area contributed by atoms with Crippen molar-refractivity contribution >= 4 is 10.9 Å². The van der Waals surface area contributed by atoms with Gasteiger partial charge in [-0.2, -0.15) is 0 Å².